The Labute approximate surface area is 102 Å². The predicted molar refractivity (Wildman–Crippen MR) is 60.0 cm³/mol. The molecule has 0 fully saturated rings. The van der Waals surface area contributed by atoms with Gasteiger partial charge in [0.25, 0.3) is 17.6 Å². The van der Waals surface area contributed by atoms with E-state index in [-0.39, 0.29) is 11.3 Å². The first-order valence-electron chi connectivity index (χ1n) is 5.15. The van der Waals surface area contributed by atoms with E-state index in [1.165, 1.54) is 13.0 Å². The normalized spacial score (nSPS) is 15.6. The van der Waals surface area contributed by atoms with Crippen molar-refractivity contribution in [3.63, 3.8) is 0 Å². The Morgan fingerprint density at radius 3 is 2.72 bits per heavy atom. The molecule has 3 N–H and O–H groups in total. The quantitative estimate of drug-likeness (QED) is 0.327. The largest absolute Gasteiger partial charge is 0.300 e. The zero-order valence-corrected chi connectivity index (χ0v) is 9.44. The van der Waals surface area contributed by atoms with Crippen LogP contribution in [0, 0.1) is 5.82 Å². The summed E-state index contributed by atoms with van der Waals surface area (Å²) >= 11 is 0. The molecule has 1 atom stereocenters. The third-order valence-electron chi connectivity index (χ3n) is 2.78. The molecular weight excluding hydrogens is 241 g/mol. The van der Waals surface area contributed by atoms with Crippen molar-refractivity contribution in [3.8, 4) is 0 Å². The van der Waals surface area contributed by atoms with Crippen molar-refractivity contribution < 1.29 is 18.8 Å². The van der Waals surface area contributed by atoms with Crippen molar-refractivity contribution in [1.29, 1.82) is 0 Å². The summed E-state index contributed by atoms with van der Waals surface area (Å²) in [6.07, 6.45) is 0. The number of benzene rings is 1. The number of fused-ring (bicyclic) bond motifs is 1. The van der Waals surface area contributed by atoms with E-state index in [2.05, 4.69) is 0 Å². The van der Waals surface area contributed by atoms with Crippen LogP contribution in [0.1, 0.15) is 17.3 Å². The highest BCUT2D eigenvalue weighted by atomic mass is 19.1. The highest BCUT2D eigenvalue weighted by molar-refractivity contribution is 6.52. The van der Waals surface area contributed by atoms with Crippen LogP contribution >= 0.6 is 0 Å². The average molecular weight is 251 g/mol. The topological polar surface area (TPSA) is 92.5 Å². The summed E-state index contributed by atoms with van der Waals surface area (Å²) in [5.41, 5.74) is 2.07. The molecule has 18 heavy (non-hydrogen) atoms. The summed E-state index contributed by atoms with van der Waals surface area (Å²) in [6.45, 7) is 1.42. The van der Waals surface area contributed by atoms with Crippen molar-refractivity contribution in [3.05, 3.63) is 29.6 Å². The van der Waals surface area contributed by atoms with Gasteiger partial charge in [0, 0.05) is 0 Å². The fraction of sp³-hybridized carbons (Fsp3) is 0.182. The Balaban J connectivity index is 2.49. The molecule has 7 heteroatoms. The minimum atomic E-state index is -0.946. The number of hydrogen-bond acceptors (Lipinski definition) is 4. The number of amides is 2. The zero-order chi connectivity index (χ0) is 13.4. The van der Waals surface area contributed by atoms with Crippen molar-refractivity contribution in [2.75, 3.05) is 4.90 Å². The number of nitrogens with one attached hydrogen (secondary N) is 1. The van der Waals surface area contributed by atoms with Crippen LogP contribution in [-0.2, 0) is 9.59 Å². The number of anilines is 1. The molecule has 0 aliphatic carbocycles. The smallest absolute Gasteiger partial charge is 0.292 e. The summed E-state index contributed by atoms with van der Waals surface area (Å²) < 4.78 is 13.0. The maximum absolute atomic E-state index is 13.0. The molecule has 1 aromatic rings. The van der Waals surface area contributed by atoms with Crippen LogP contribution in [0.15, 0.2) is 18.2 Å². The van der Waals surface area contributed by atoms with Gasteiger partial charge in [-0.2, -0.15) is 0 Å². The summed E-state index contributed by atoms with van der Waals surface area (Å²) in [5.74, 6) is 2.05. The molecule has 0 radical (unpaired) electrons. The van der Waals surface area contributed by atoms with Gasteiger partial charge >= 0.3 is 0 Å². The summed E-state index contributed by atoms with van der Waals surface area (Å²) in [7, 11) is 0. The molecular formula is C11H10FN3O3. The van der Waals surface area contributed by atoms with Crippen LogP contribution in [0.4, 0.5) is 10.1 Å². The van der Waals surface area contributed by atoms with Crippen LogP contribution in [0.5, 0.6) is 0 Å². The molecule has 1 aromatic carbocycles. The number of ketones is 1. The van der Waals surface area contributed by atoms with Crippen LogP contribution < -0.4 is 16.2 Å². The number of nitrogens with two attached hydrogens (primary N) is 1. The second-order valence-electron chi connectivity index (χ2n) is 3.85. The van der Waals surface area contributed by atoms with Crippen LogP contribution in [0.2, 0.25) is 0 Å². The number of hydrogen-bond donors (Lipinski definition) is 2. The molecule has 0 aromatic heterocycles. The van der Waals surface area contributed by atoms with Gasteiger partial charge in [-0.1, -0.05) is 0 Å². The molecule has 1 heterocycles. The monoisotopic (exact) mass is 251 g/mol. The lowest BCUT2D eigenvalue weighted by Crippen LogP contribution is -2.49. The molecule has 1 aliphatic heterocycles. The number of carbonyl (C=O) groups is 3. The number of Topliss-reactive ketones (excluding diaryl/α,β-unsaturated/α-hetero) is 1. The molecule has 94 valence electrons. The number of rotatable bonds is 2. The van der Waals surface area contributed by atoms with Gasteiger partial charge in [-0.3, -0.25) is 24.7 Å². The van der Waals surface area contributed by atoms with Gasteiger partial charge in [-0.15, -0.1) is 0 Å². The van der Waals surface area contributed by atoms with Gasteiger partial charge in [0.1, 0.15) is 11.9 Å². The first kappa shape index (κ1) is 12.2. The average Bonchev–Trinajstić information content (AvgIpc) is 2.60. The number of nitrogens with zero attached hydrogens (tertiary/aromatic N) is 1. The van der Waals surface area contributed by atoms with Crippen LogP contribution in [0.25, 0.3) is 0 Å². The molecule has 0 spiro atoms. The van der Waals surface area contributed by atoms with Gasteiger partial charge < -0.3 is 0 Å². The molecule has 1 unspecified atom stereocenters. The lowest BCUT2D eigenvalue weighted by atomic mass is 10.1. The summed E-state index contributed by atoms with van der Waals surface area (Å²) in [5, 5.41) is 0. The Bertz CT molecular complexity index is 558. The first-order chi connectivity index (χ1) is 8.47. The third-order valence-corrected chi connectivity index (χ3v) is 2.78. The highest BCUT2D eigenvalue weighted by Gasteiger charge is 2.40. The minimum absolute atomic E-state index is 0.0447. The maximum Gasteiger partial charge on any atom is 0.300 e. The molecule has 6 nitrogen and oxygen atoms in total. The summed E-state index contributed by atoms with van der Waals surface area (Å²) in [4.78, 5) is 35.8. The van der Waals surface area contributed by atoms with Crippen LogP contribution in [-0.4, -0.2) is 23.6 Å². The lowest BCUT2D eigenvalue weighted by molar-refractivity contribution is -0.124. The lowest BCUT2D eigenvalue weighted by Gasteiger charge is -2.22. The van der Waals surface area contributed by atoms with Crippen molar-refractivity contribution in [2.24, 2.45) is 5.84 Å². The first-order valence-corrected chi connectivity index (χ1v) is 5.15. The number of hydrazine groups is 1. The molecule has 0 bridgehead atoms. The van der Waals surface area contributed by atoms with Gasteiger partial charge in [0.05, 0.1) is 11.3 Å². The number of halogens is 1. The van der Waals surface area contributed by atoms with Gasteiger partial charge in [-0.05, 0) is 25.1 Å². The van der Waals surface area contributed by atoms with E-state index in [0.29, 0.717) is 0 Å². The van der Waals surface area contributed by atoms with E-state index in [0.717, 1.165) is 17.0 Å². The standard InChI is InChI=1S/C11H10FN3O3/c1-5(10(17)14-13)15-8-3-2-6(12)4-7(8)9(16)11(15)18/h2-5H,13H2,1H3,(H,14,17). The van der Waals surface area contributed by atoms with Gasteiger partial charge in [0.15, 0.2) is 0 Å². The third kappa shape index (κ3) is 1.65. The second-order valence-corrected chi connectivity index (χ2v) is 3.85. The van der Waals surface area contributed by atoms with E-state index in [9.17, 15) is 18.8 Å². The highest BCUT2D eigenvalue weighted by Crippen LogP contribution is 2.31. The van der Waals surface area contributed by atoms with E-state index in [1.54, 1.807) is 0 Å². The van der Waals surface area contributed by atoms with E-state index < -0.39 is 29.5 Å². The minimum Gasteiger partial charge on any atom is -0.292 e. The molecule has 2 rings (SSSR count). The SMILES string of the molecule is CC(C(=O)NN)N1C(=O)C(=O)c2cc(F)ccc21. The van der Waals surface area contributed by atoms with Crippen molar-refractivity contribution in [2.45, 2.75) is 13.0 Å². The Morgan fingerprint density at radius 2 is 2.11 bits per heavy atom. The fourth-order valence-electron chi connectivity index (χ4n) is 1.86. The predicted octanol–water partition coefficient (Wildman–Crippen LogP) is -0.267. The summed E-state index contributed by atoms with van der Waals surface area (Å²) in [6, 6.07) is 2.43. The number of carbonyl (C=O) groups excluding carboxylic acids is 3. The van der Waals surface area contributed by atoms with E-state index >= 15 is 0 Å². The van der Waals surface area contributed by atoms with E-state index in [1.807, 2.05) is 5.43 Å². The molecule has 0 saturated heterocycles. The molecule has 0 saturated carbocycles. The molecule has 1 aliphatic rings. The van der Waals surface area contributed by atoms with Gasteiger partial charge in [0.2, 0.25) is 0 Å². The Morgan fingerprint density at radius 1 is 1.44 bits per heavy atom. The van der Waals surface area contributed by atoms with Crippen LogP contribution in [0.3, 0.4) is 0 Å². The zero-order valence-electron chi connectivity index (χ0n) is 9.44. The fourth-order valence-corrected chi connectivity index (χ4v) is 1.86. The maximum atomic E-state index is 13.0. The molecule has 2 amide bonds. The van der Waals surface area contributed by atoms with E-state index in [4.69, 9.17) is 5.84 Å². The van der Waals surface area contributed by atoms with Crippen molar-refractivity contribution in [1.82, 2.24) is 5.43 Å². The van der Waals surface area contributed by atoms with Crippen molar-refractivity contribution >= 4 is 23.3 Å². The van der Waals surface area contributed by atoms with Gasteiger partial charge in [-0.25, -0.2) is 10.2 Å². The second kappa shape index (κ2) is 4.19. The Kier molecular flexibility index (Phi) is 2.84. The Hall–Kier alpha value is -2.28.